The molecule has 0 aromatic carbocycles. The number of pyridine rings is 1. The lowest BCUT2D eigenvalue weighted by atomic mass is 10.1. The van der Waals surface area contributed by atoms with Crippen LogP contribution in [0.4, 0.5) is 5.69 Å². The molecule has 2 rings (SSSR count). The first-order valence-corrected chi connectivity index (χ1v) is 6.45. The van der Waals surface area contributed by atoms with Gasteiger partial charge in [0.25, 0.3) is 0 Å². The SMILES string of the molecule is CCCNc1cncc(-n2ccc(C(C)C)n2)c1. The molecule has 2 aromatic rings. The molecule has 1 N–H and O–H groups in total. The minimum absolute atomic E-state index is 0.445. The van der Waals surface area contributed by atoms with E-state index < -0.39 is 0 Å². The molecule has 0 bridgehead atoms. The topological polar surface area (TPSA) is 42.7 Å². The van der Waals surface area contributed by atoms with Crippen LogP contribution in [0, 0.1) is 0 Å². The molecule has 0 saturated carbocycles. The summed E-state index contributed by atoms with van der Waals surface area (Å²) < 4.78 is 1.87. The third-order valence-corrected chi connectivity index (χ3v) is 2.77. The van der Waals surface area contributed by atoms with Gasteiger partial charge in [-0.3, -0.25) is 4.98 Å². The van der Waals surface area contributed by atoms with Crippen molar-refractivity contribution < 1.29 is 0 Å². The van der Waals surface area contributed by atoms with E-state index in [-0.39, 0.29) is 0 Å². The molecule has 0 fully saturated rings. The zero-order valence-corrected chi connectivity index (χ0v) is 11.2. The lowest BCUT2D eigenvalue weighted by Crippen LogP contribution is -2.03. The van der Waals surface area contributed by atoms with Crippen molar-refractivity contribution in [2.45, 2.75) is 33.1 Å². The van der Waals surface area contributed by atoms with E-state index >= 15 is 0 Å². The fraction of sp³-hybridized carbons (Fsp3) is 0.429. The van der Waals surface area contributed by atoms with E-state index in [2.05, 4.69) is 48.3 Å². The van der Waals surface area contributed by atoms with Gasteiger partial charge in [0.1, 0.15) is 0 Å². The van der Waals surface area contributed by atoms with Gasteiger partial charge in [0, 0.05) is 12.7 Å². The number of rotatable bonds is 5. The van der Waals surface area contributed by atoms with Crippen molar-refractivity contribution in [1.82, 2.24) is 14.8 Å². The Hall–Kier alpha value is -1.84. The molecule has 2 heterocycles. The van der Waals surface area contributed by atoms with Gasteiger partial charge in [-0.2, -0.15) is 5.10 Å². The van der Waals surface area contributed by atoms with E-state index in [0.29, 0.717) is 5.92 Å². The van der Waals surface area contributed by atoms with Crippen molar-refractivity contribution in [3.63, 3.8) is 0 Å². The van der Waals surface area contributed by atoms with Gasteiger partial charge in [-0.05, 0) is 24.5 Å². The molecule has 4 nitrogen and oxygen atoms in total. The van der Waals surface area contributed by atoms with Gasteiger partial charge >= 0.3 is 0 Å². The Bertz CT molecular complexity index is 502. The second-order valence-electron chi connectivity index (χ2n) is 4.70. The molecule has 0 atom stereocenters. The minimum Gasteiger partial charge on any atom is -0.384 e. The maximum absolute atomic E-state index is 4.55. The molecule has 2 aromatic heterocycles. The predicted octanol–water partition coefficient (Wildman–Crippen LogP) is 3.21. The molecule has 0 spiro atoms. The van der Waals surface area contributed by atoms with Crippen LogP contribution >= 0.6 is 0 Å². The van der Waals surface area contributed by atoms with Crippen molar-refractivity contribution in [1.29, 1.82) is 0 Å². The summed E-state index contributed by atoms with van der Waals surface area (Å²) in [5.41, 5.74) is 3.13. The summed E-state index contributed by atoms with van der Waals surface area (Å²) in [5, 5.41) is 7.88. The van der Waals surface area contributed by atoms with Gasteiger partial charge in [0.2, 0.25) is 0 Å². The van der Waals surface area contributed by atoms with E-state index in [0.717, 1.165) is 30.0 Å². The molecule has 18 heavy (non-hydrogen) atoms. The Kier molecular flexibility index (Phi) is 3.97. The molecule has 96 valence electrons. The molecule has 0 aliphatic carbocycles. The van der Waals surface area contributed by atoms with Crippen molar-refractivity contribution >= 4 is 5.69 Å². The average Bonchev–Trinajstić information content (AvgIpc) is 2.86. The van der Waals surface area contributed by atoms with Gasteiger partial charge in [0.05, 0.1) is 29.5 Å². The summed E-state index contributed by atoms with van der Waals surface area (Å²) in [4.78, 5) is 4.24. The molecular formula is C14H20N4. The van der Waals surface area contributed by atoms with Crippen LogP contribution in [0.1, 0.15) is 38.8 Å². The summed E-state index contributed by atoms with van der Waals surface area (Å²) in [6.07, 6.45) is 6.75. The Morgan fingerprint density at radius 2 is 2.17 bits per heavy atom. The number of hydrogen-bond donors (Lipinski definition) is 1. The third kappa shape index (κ3) is 2.88. The van der Waals surface area contributed by atoms with Crippen molar-refractivity contribution in [2.75, 3.05) is 11.9 Å². The van der Waals surface area contributed by atoms with Crippen LogP contribution in [0.25, 0.3) is 5.69 Å². The van der Waals surface area contributed by atoms with Crippen LogP contribution in [-0.4, -0.2) is 21.3 Å². The van der Waals surface area contributed by atoms with E-state index in [1.807, 2.05) is 23.3 Å². The third-order valence-electron chi connectivity index (χ3n) is 2.77. The first-order valence-electron chi connectivity index (χ1n) is 6.45. The summed E-state index contributed by atoms with van der Waals surface area (Å²) >= 11 is 0. The van der Waals surface area contributed by atoms with Crippen molar-refractivity contribution in [3.05, 3.63) is 36.4 Å². The Labute approximate surface area is 108 Å². The summed E-state index contributed by atoms with van der Waals surface area (Å²) in [6.45, 7) is 7.39. The van der Waals surface area contributed by atoms with E-state index in [1.165, 1.54) is 0 Å². The average molecular weight is 244 g/mol. The van der Waals surface area contributed by atoms with Gasteiger partial charge in [0.15, 0.2) is 0 Å². The lowest BCUT2D eigenvalue weighted by molar-refractivity contribution is 0.767. The van der Waals surface area contributed by atoms with Crippen LogP contribution in [0.15, 0.2) is 30.7 Å². The fourth-order valence-corrected chi connectivity index (χ4v) is 1.71. The summed E-state index contributed by atoms with van der Waals surface area (Å²) in [5.74, 6) is 0.445. The highest BCUT2D eigenvalue weighted by Gasteiger charge is 2.05. The number of nitrogens with zero attached hydrogens (tertiary/aromatic N) is 3. The van der Waals surface area contributed by atoms with Gasteiger partial charge in [-0.1, -0.05) is 20.8 Å². The zero-order chi connectivity index (χ0) is 13.0. The highest BCUT2D eigenvalue weighted by atomic mass is 15.3. The largest absolute Gasteiger partial charge is 0.384 e. The molecule has 0 saturated heterocycles. The monoisotopic (exact) mass is 244 g/mol. The number of hydrogen-bond acceptors (Lipinski definition) is 3. The van der Waals surface area contributed by atoms with E-state index in [9.17, 15) is 0 Å². The Morgan fingerprint density at radius 3 is 2.83 bits per heavy atom. The Morgan fingerprint density at radius 1 is 1.33 bits per heavy atom. The lowest BCUT2D eigenvalue weighted by Gasteiger charge is -2.07. The maximum atomic E-state index is 4.55. The van der Waals surface area contributed by atoms with Crippen LogP contribution < -0.4 is 5.32 Å². The molecule has 0 aliphatic rings. The quantitative estimate of drug-likeness (QED) is 0.878. The molecule has 0 radical (unpaired) electrons. The molecule has 0 amide bonds. The van der Waals surface area contributed by atoms with Crippen LogP contribution in [0.5, 0.6) is 0 Å². The zero-order valence-electron chi connectivity index (χ0n) is 11.2. The second-order valence-corrected chi connectivity index (χ2v) is 4.70. The Balaban J connectivity index is 2.21. The second kappa shape index (κ2) is 5.67. The number of anilines is 1. The first kappa shape index (κ1) is 12.6. The van der Waals surface area contributed by atoms with Crippen LogP contribution in [0.3, 0.4) is 0 Å². The molecule has 0 unspecified atom stereocenters. The maximum Gasteiger partial charge on any atom is 0.0849 e. The first-order chi connectivity index (χ1) is 8.70. The molecular weight excluding hydrogens is 224 g/mol. The van der Waals surface area contributed by atoms with E-state index in [1.54, 1.807) is 0 Å². The van der Waals surface area contributed by atoms with Crippen molar-refractivity contribution in [3.8, 4) is 5.69 Å². The highest BCUT2D eigenvalue weighted by Crippen LogP contribution is 2.16. The standard InChI is InChI=1S/C14H20N4/c1-4-6-16-12-8-13(10-15-9-12)18-7-5-14(17-18)11(2)3/h5,7-11,16H,4,6H2,1-3H3. The van der Waals surface area contributed by atoms with E-state index in [4.69, 9.17) is 0 Å². The highest BCUT2D eigenvalue weighted by molar-refractivity contribution is 5.47. The van der Waals surface area contributed by atoms with Crippen LogP contribution in [0.2, 0.25) is 0 Å². The normalized spacial score (nSPS) is 10.9. The predicted molar refractivity (Wildman–Crippen MR) is 74.2 cm³/mol. The number of aromatic nitrogens is 3. The minimum atomic E-state index is 0.445. The molecule has 0 aliphatic heterocycles. The fourth-order valence-electron chi connectivity index (χ4n) is 1.71. The van der Waals surface area contributed by atoms with Crippen molar-refractivity contribution in [2.24, 2.45) is 0 Å². The summed E-state index contributed by atoms with van der Waals surface area (Å²) in [6, 6.07) is 4.12. The van der Waals surface area contributed by atoms with Gasteiger partial charge < -0.3 is 5.32 Å². The van der Waals surface area contributed by atoms with Crippen LogP contribution in [-0.2, 0) is 0 Å². The number of nitrogens with one attached hydrogen (secondary N) is 1. The smallest absolute Gasteiger partial charge is 0.0849 e. The molecule has 4 heteroatoms. The van der Waals surface area contributed by atoms with Gasteiger partial charge in [-0.15, -0.1) is 0 Å². The summed E-state index contributed by atoms with van der Waals surface area (Å²) in [7, 11) is 0. The van der Waals surface area contributed by atoms with Gasteiger partial charge in [-0.25, -0.2) is 4.68 Å².